The second-order valence-corrected chi connectivity index (χ2v) is 5.16. The van der Waals surface area contributed by atoms with Crippen LogP contribution in [0.5, 0.6) is 5.75 Å². The van der Waals surface area contributed by atoms with Gasteiger partial charge in [-0.1, -0.05) is 42.5 Å². The molecule has 0 fully saturated rings. The van der Waals surface area contributed by atoms with Crippen LogP contribution in [-0.2, 0) is 0 Å². The van der Waals surface area contributed by atoms with Crippen LogP contribution in [0.1, 0.15) is 0 Å². The number of phenols is 1. The third kappa shape index (κ3) is 1.87. The molecule has 0 radical (unpaired) electrons. The van der Waals surface area contributed by atoms with Gasteiger partial charge in [-0.3, -0.25) is 4.79 Å². The Labute approximate surface area is 126 Å². The molecule has 0 saturated carbocycles. The molecule has 0 aliphatic carbocycles. The lowest BCUT2D eigenvalue weighted by Crippen LogP contribution is -2.00. The van der Waals surface area contributed by atoms with Crippen LogP contribution in [-0.4, -0.2) is 5.11 Å². The van der Waals surface area contributed by atoms with Gasteiger partial charge in [0.05, 0.1) is 5.39 Å². The summed E-state index contributed by atoms with van der Waals surface area (Å²) in [6, 6.07) is 19.6. The van der Waals surface area contributed by atoms with E-state index in [0.29, 0.717) is 22.1 Å². The highest BCUT2D eigenvalue weighted by Crippen LogP contribution is 2.31. The number of benzene rings is 3. The van der Waals surface area contributed by atoms with E-state index < -0.39 is 0 Å². The minimum atomic E-state index is -0.0923. The first-order chi connectivity index (χ1) is 10.7. The number of aromatic hydroxyl groups is 1. The van der Waals surface area contributed by atoms with Gasteiger partial charge in [0.25, 0.3) is 0 Å². The van der Waals surface area contributed by atoms with Gasteiger partial charge in [0.1, 0.15) is 17.1 Å². The van der Waals surface area contributed by atoms with Crippen LogP contribution in [0.2, 0.25) is 0 Å². The molecule has 0 aliphatic rings. The number of hydrogen-bond acceptors (Lipinski definition) is 3. The van der Waals surface area contributed by atoms with Gasteiger partial charge in [-0.15, -0.1) is 0 Å². The van der Waals surface area contributed by atoms with E-state index in [1.807, 2.05) is 36.4 Å². The zero-order chi connectivity index (χ0) is 15.1. The maximum absolute atomic E-state index is 12.4. The molecule has 4 rings (SSSR count). The average molecular weight is 288 g/mol. The molecule has 1 heterocycles. The van der Waals surface area contributed by atoms with Gasteiger partial charge in [-0.05, 0) is 18.2 Å². The monoisotopic (exact) mass is 288 g/mol. The van der Waals surface area contributed by atoms with Crippen molar-refractivity contribution in [2.45, 2.75) is 0 Å². The van der Waals surface area contributed by atoms with Crippen LogP contribution in [0.15, 0.2) is 75.9 Å². The van der Waals surface area contributed by atoms with Crippen molar-refractivity contribution in [2.75, 3.05) is 0 Å². The molecule has 3 nitrogen and oxygen atoms in total. The number of hydrogen-bond donors (Lipinski definition) is 1. The van der Waals surface area contributed by atoms with Crippen molar-refractivity contribution in [1.82, 2.24) is 0 Å². The SMILES string of the molecule is O=c1cc(-c2ccccc2)oc2c1ccc1c(O)cccc12. The molecular weight excluding hydrogens is 276 g/mol. The first-order valence-electron chi connectivity index (χ1n) is 6.98. The third-order valence-corrected chi connectivity index (χ3v) is 3.79. The summed E-state index contributed by atoms with van der Waals surface area (Å²) in [5.74, 6) is 0.695. The van der Waals surface area contributed by atoms with E-state index in [0.717, 1.165) is 10.9 Å². The van der Waals surface area contributed by atoms with Gasteiger partial charge in [-0.25, -0.2) is 0 Å². The van der Waals surface area contributed by atoms with E-state index in [4.69, 9.17) is 4.42 Å². The molecule has 0 bridgehead atoms. The maximum atomic E-state index is 12.4. The topological polar surface area (TPSA) is 50.4 Å². The Morgan fingerprint density at radius 3 is 2.36 bits per heavy atom. The van der Waals surface area contributed by atoms with Gasteiger partial charge >= 0.3 is 0 Å². The summed E-state index contributed by atoms with van der Waals surface area (Å²) >= 11 is 0. The Morgan fingerprint density at radius 1 is 0.773 bits per heavy atom. The summed E-state index contributed by atoms with van der Waals surface area (Å²) in [5, 5.41) is 11.9. The van der Waals surface area contributed by atoms with E-state index in [-0.39, 0.29) is 11.2 Å². The predicted molar refractivity (Wildman–Crippen MR) is 87.1 cm³/mol. The van der Waals surface area contributed by atoms with Crippen molar-refractivity contribution in [3.05, 3.63) is 77.0 Å². The Balaban J connectivity index is 2.14. The highest BCUT2D eigenvalue weighted by atomic mass is 16.3. The van der Waals surface area contributed by atoms with E-state index >= 15 is 0 Å². The second-order valence-electron chi connectivity index (χ2n) is 5.16. The van der Waals surface area contributed by atoms with E-state index in [1.54, 1.807) is 24.3 Å². The van der Waals surface area contributed by atoms with Crippen molar-refractivity contribution >= 4 is 21.7 Å². The van der Waals surface area contributed by atoms with Gasteiger partial charge in [-0.2, -0.15) is 0 Å². The molecule has 0 atom stereocenters. The summed E-state index contributed by atoms with van der Waals surface area (Å²) < 4.78 is 5.99. The molecule has 0 amide bonds. The van der Waals surface area contributed by atoms with E-state index in [1.165, 1.54) is 6.07 Å². The summed E-state index contributed by atoms with van der Waals surface area (Å²) in [6.07, 6.45) is 0. The molecule has 0 saturated heterocycles. The van der Waals surface area contributed by atoms with Crippen LogP contribution in [0, 0.1) is 0 Å². The fraction of sp³-hybridized carbons (Fsp3) is 0. The van der Waals surface area contributed by atoms with Crippen molar-refractivity contribution < 1.29 is 9.52 Å². The van der Waals surface area contributed by atoms with Crippen LogP contribution in [0.4, 0.5) is 0 Å². The number of fused-ring (bicyclic) bond motifs is 3. The lowest BCUT2D eigenvalue weighted by Gasteiger charge is -2.07. The van der Waals surface area contributed by atoms with Gasteiger partial charge in [0, 0.05) is 22.4 Å². The summed E-state index contributed by atoms with van der Waals surface area (Å²) in [6.45, 7) is 0. The van der Waals surface area contributed by atoms with Gasteiger partial charge < -0.3 is 9.52 Å². The zero-order valence-electron chi connectivity index (χ0n) is 11.6. The molecule has 22 heavy (non-hydrogen) atoms. The Morgan fingerprint density at radius 2 is 1.55 bits per heavy atom. The van der Waals surface area contributed by atoms with Crippen molar-refractivity contribution in [1.29, 1.82) is 0 Å². The van der Waals surface area contributed by atoms with Crippen molar-refractivity contribution in [3.63, 3.8) is 0 Å². The highest BCUT2D eigenvalue weighted by molar-refractivity contribution is 6.06. The summed E-state index contributed by atoms with van der Waals surface area (Å²) in [4.78, 5) is 12.4. The molecular formula is C19H12O3. The molecule has 1 aromatic heterocycles. The smallest absolute Gasteiger partial charge is 0.193 e. The predicted octanol–water partition coefficient (Wildman–Crippen LogP) is 4.32. The minimum Gasteiger partial charge on any atom is -0.507 e. The molecule has 106 valence electrons. The first kappa shape index (κ1) is 12.7. The third-order valence-electron chi connectivity index (χ3n) is 3.79. The molecule has 0 aliphatic heterocycles. The molecule has 4 aromatic rings. The summed E-state index contributed by atoms with van der Waals surface area (Å²) in [7, 11) is 0. The van der Waals surface area contributed by atoms with E-state index in [9.17, 15) is 9.90 Å². The number of phenolic OH excluding ortho intramolecular Hbond substituents is 1. The fourth-order valence-electron chi connectivity index (χ4n) is 2.70. The molecule has 0 spiro atoms. The Bertz CT molecular complexity index is 1050. The lowest BCUT2D eigenvalue weighted by atomic mass is 10.1. The molecule has 0 unspecified atom stereocenters. The van der Waals surface area contributed by atoms with Crippen LogP contribution < -0.4 is 5.43 Å². The first-order valence-corrected chi connectivity index (χ1v) is 6.98. The van der Waals surface area contributed by atoms with Crippen LogP contribution in [0.3, 0.4) is 0 Å². The Hall–Kier alpha value is -3.07. The Kier molecular flexibility index (Phi) is 2.73. The van der Waals surface area contributed by atoms with Crippen LogP contribution >= 0.6 is 0 Å². The fourth-order valence-corrected chi connectivity index (χ4v) is 2.70. The van der Waals surface area contributed by atoms with E-state index in [2.05, 4.69) is 0 Å². The normalized spacial score (nSPS) is 11.1. The van der Waals surface area contributed by atoms with Crippen LogP contribution in [0.25, 0.3) is 33.1 Å². The maximum Gasteiger partial charge on any atom is 0.193 e. The van der Waals surface area contributed by atoms with Crippen molar-refractivity contribution in [2.24, 2.45) is 0 Å². The molecule has 3 heteroatoms. The number of rotatable bonds is 1. The lowest BCUT2D eigenvalue weighted by molar-refractivity contribution is 0.481. The average Bonchev–Trinajstić information content (AvgIpc) is 2.56. The minimum absolute atomic E-state index is 0.0923. The van der Waals surface area contributed by atoms with Crippen molar-refractivity contribution in [3.8, 4) is 17.1 Å². The zero-order valence-corrected chi connectivity index (χ0v) is 11.6. The molecule has 3 aromatic carbocycles. The van der Waals surface area contributed by atoms with Gasteiger partial charge in [0.15, 0.2) is 5.43 Å². The summed E-state index contributed by atoms with van der Waals surface area (Å²) in [5.41, 5.74) is 1.25. The van der Waals surface area contributed by atoms with Gasteiger partial charge in [0.2, 0.25) is 0 Å². The molecule has 1 N–H and O–H groups in total. The second kappa shape index (κ2) is 4.74. The quantitative estimate of drug-likeness (QED) is 0.531. The standard InChI is InChI=1S/C19H12O3/c20-16-8-4-7-14-13(16)9-10-15-17(21)11-18(22-19(14)15)12-5-2-1-3-6-12/h1-11,20H. The largest absolute Gasteiger partial charge is 0.507 e. The highest BCUT2D eigenvalue weighted by Gasteiger charge is 2.11.